The number of benzene rings is 1. The van der Waals surface area contributed by atoms with Crippen molar-refractivity contribution in [2.75, 3.05) is 11.4 Å². The summed E-state index contributed by atoms with van der Waals surface area (Å²) in [5, 5.41) is 8.82. The predicted octanol–water partition coefficient (Wildman–Crippen LogP) is 2.76. The van der Waals surface area contributed by atoms with Crippen LogP contribution in [0.4, 0.5) is 5.69 Å². The largest absolute Gasteiger partial charge is 0.478 e. The summed E-state index contributed by atoms with van der Waals surface area (Å²) in [6.07, 6.45) is 3.75. The van der Waals surface area contributed by atoms with Gasteiger partial charge in [0.2, 0.25) is 0 Å². The van der Waals surface area contributed by atoms with Crippen LogP contribution >= 0.6 is 0 Å². The Morgan fingerprint density at radius 3 is 2.56 bits per heavy atom. The minimum atomic E-state index is -0.863. The molecule has 3 nitrogen and oxygen atoms in total. The lowest BCUT2D eigenvalue weighted by molar-refractivity contribution is 0.0697. The zero-order valence-corrected chi connectivity index (χ0v) is 9.52. The number of nitrogens with zero attached hydrogens (tertiary/aromatic N) is 1. The third-order valence-electron chi connectivity index (χ3n) is 3.25. The van der Waals surface area contributed by atoms with Crippen LogP contribution in [0.3, 0.4) is 0 Å². The molecule has 1 heterocycles. The third kappa shape index (κ3) is 2.18. The zero-order valence-electron chi connectivity index (χ0n) is 9.52. The van der Waals surface area contributed by atoms with E-state index in [0.717, 1.165) is 12.2 Å². The highest BCUT2D eigenvalue weighted by Crippen LogP contribution is 2.24. The second kappa shape index (κ2) is 4.56. The van der Waals surface area contributed by atoms with Gasteiger partial charge in [-0.3, -0.25) is 0 Å². The Balaban J connectivity index is 2.17. The van der Waals surface area contributed by atoms with Crippen molar-refractivity contribution in [1.82, 2.24) is 0 Å². The van der Waals surface area contributed by atoms with Gasteiger partial charge in [0.05, 0.1) is 5.56 Å². The van der Waals surface area contributed by atoms with Crippen LogP contribution in [0.15, 0.2) is 24.3 Å². The highest BCUT2D eigenvalue weighted by molar-refractivity contribution is 5.88. The van der Waals surface area contributed by atoms with Crippen LogP contribution in [0, 0.1) is 0 Å². The highest BCUT2D eigenvalue weighted by atomic mass is 16.4. The van der Waals surface area contributed by atoms with Gasteiger partial charge in [-0.25, -0.2) is 4.79 Å². The van der Waals surface area contributed by atoms with Crippen molar-refractivity contribution < 1.29 is 9.90 Å². The molecule has 0 saturated carbocycles. The van der Waals surface area contributed by atoms with Crippen LogP contribution in [0.25, 0.3) is 0 Å². The monoisotopic (exact) mass is 219 g/mol. The molecule has 1 saturated heterocycles. The van der Waals surface area contributed by atoms with Gasteiger partial charge in [0, 0.05) is 18.3 Å². The summed E-state index contributed by atoms with van der Waals surface area (Å²) in [5.74, 6) is -0.863. The van der Waals surface area contributed by atoms with E-state index < -0.39 is 5.97 Å². The molecule has 1 N–H and O–H groups in total. The molecule has 0 aromatic heterocycles. The SMILES string of the molecule is C[C@@H]1CCCCN1c1ccc(C(=O)O)cc1. The first-order valence-electron chi connectivity index (χ1n) is 5.78. The zero-order chi connectivity index (χ0) is 11.5. The van der Waals surface area contributed by atoms with E-state index in [2.05, 4.69) is 11.8 Å². The molecule has 0 spiro atoms. The smallest absolute Gasteiger partial charge is 0.335 e. The molecule has 16 heavy (non-hydrogen) atoms. The molecule has 86 valence electrons. The molecular formula is C13H17NO2. The molecular weight excluding hydrogens is 202 g/mol. The Bertz CT molecular complexity index is 372. The minimum absolute atomic E-state index is 0.355. The van der Waals surface area contributed by atoms with Crippen LogP contribution in [0.1, 0.15) is 36.5 Å². The van der Waals surface area contributed by atoms with Gasteiger partial charge in [-0.15, -0.1) is 0 Å². The first kappa shape index (κ1) is 11.0. The molecule has 1 aromatic rings. The van der Waals surface area contributed by atoms with E-state index in [-0.39, 0.29) is 0 Å². The van der Waals surface area contributed by atoms with Gasteiger partial charge in [0.15, 0.2) is 0 Å². The lowest BCUT2D eigenvalue weighted by Crippen LogP contribution is -2.37. The van der Waals surface area contributed by atoms with Gasteiger partial charge in [-0.1, -0.05) is 0 Å². The number of piperidine rings is 1. The fourth-order valence-electron chi connectivity index (χ4n) is 2.28. The highest BCUT2D eigenvalue weighted by Gasteiger charge is 2.18. The molecule has 0 aliphatic carbocycles. The van der Waals surface area contributed by atoms with Gasteiger partial charge in [-0.2, -0.15) is 0 Å². The van der Waals surface area contributed by atoms with E-state index in [1.54, 1.807) is 12.1 Å². The van der Waals surface area contributed by atoms with E-state index in [1.165, 1.54) is 19.3 Å². The summed E-state index contributed by atoms with van der Waals surface area (Å²) >= 11 is 0. The van der Waals surface area contributed by atoms with Gasteiger partial charge in [0.1, 0.15) is 0 Å². The molecule has 1 fully saturated rings. The normalized spacial score (nSPS) is 20.8. The van der Waals surface area contributed by atoms with Gasteiger partial charge in [0.25, 0.3) is 0 Å². The Labute approximate surface area is 95.7 Å². The van der Waals surface area contributed by atoms with Crippen molar-refractivity contribution in [3.05, 3.63) is 29.8 Å². The van der Waals surface area contributed by atoms with Crippen LogP contribution in [-0.4, -0.2) is 23.7 Å². The first-order chi connectivity index (χ1) is 7.68. The standard InChI is InChI=1S/C13H17NO2/c1-10-4-2-3-9-14(10)12-7-5-11(6-8-12)13(15)16/h5-8,10H,2-4,9H2,1H3,(H,15,16)/t10-/m1/s1. The maximum atomic E-state index is 10.7. The maximum Gasteiger partial charge on any atom is 0.335 e. The summed E-state index contributed by atoms with van der Waals surface area (Å²) in [6, 6.07) is 7.73. The lowest BCUT2D eigenvalue weighted by atomic mass is 10.0. The number of carboxylic acid groups (broad SMARTS) is 1. The first-order valence-corrected chi connectivity index (χ1v) is 5.78. The van der Waals surface area contributed by atoms with Gasteiger partial charge in [-0.05, 0) is 50.5 Å². The van der Waals surface area contributed by atoms with Crippen molar-refractivity contribution in [3.63, 3.8) is 0 Å². The molecule has 3 heteroatoms. The van der Waals surface area contributed by atoms with Crippen LogP contribution in [0.5, 0.6) is 0 Å². The van der Waals surface area contributed by atoms with E-state index in [4.69, 9.17) is 5.11 Å². The molecule has 0 bridgehead atoms. The number of carboxylic acids is 1. The number of carbonyl (C=O) groups is 1. The number of anilines is 1. The average Bonchev–Trinajstić information content (AvgIpc) is 2.30. The van der Waals surface area contributed by atoms with Crippen LogP contribution in [0.2, 0.25) is 0 Å². The van der Waals surface area contributed by atoms with E-state index in [9.17, 15) is 4.79 Å². The van der Waals surface area contributed by atoms with Crippen molar-refractivity contribution in [2.24, 2.45) is 0 Å². The molecule has 0 amide bonds. The van der Waals surface area contributed by atoms with E-state index in [1.807, 2.05) is 12.1 Å². The molecule has 0 radical (unpaired) electrons. The summed E-state index contributed by atoms with van der Waals surface area (Å²) in [6.45, 7) is 3.30. The Morgan fingerprint density at radius 2 is 2.00 bits per heavy atom. The molecule has 1 aliphatic rings. The topological polar surface area (TPSA) is 40.5 Å². The molecule has 2 rings (SSSR count). The summed E-state index contributed by atoms with van der Waals surface area (Å²) < 4.78 is 0. The van der Waals surface area contributed by atoms with Gasteiger partial charge >= 0.3 is 5.97 Å². The Hall–Kier alpha value is -1.51. The predicted molar refractivity (Wildman–Crippen MR) is 64.1 cm³/mol. The van der Waals surface area contributed by atoms with Gasteiger partial charge < -0.3 is 10.0 Å². The number of hydrogen-bond donors (Lipinski definition) is 1. The Morgan fingerprint density at radius 1 is 1.31 bits per heavy atom. The minimum Gasteiger partial charge on any atom is -0.478 e. The van der Waals surface area contributed by atoms with Crippen LogP contribution < -0.4 is 4.90 Å². The quantitative estimate of drug-likeness (QED) is 0.831. The molecule has 1 aliphatic heterocycles. The Kier molecular flexibility index (Phi) is 3.13. The number of hydrogen-bond acceptors (Lipinski definition) is 2. The van der Waals surface area contributed by atoms with E-state index >= 15 is 0 Å². The number of rotatable bonds is 2. The fourth-order valence-corrected chi connectivity index (χ4v) is 2.28. The van der Waals surface area contributed by atoms with E-state index in [0.29, 0.717) is 11.6 Å². The molecule has 1 aromatic carbocycles. The third-order valence-corrected chi connectivity index (χ3v) is 3.25. The second-order valence-corrected chi connectivity index (χ2v) is 4.39. The maximum absolute atomic E-state index is 10.7. The van der Waals surface area contributed by atoms with Crippen molar-refractivity contribution in [2.45, 2.75) is 32.2 Å². The van der Waals surface area contributed by atoms with Crippen molar-refractivity contribution in [3.8, 4) is 0 Å². The summed E-state index contributed by atoms with van der Waals surface area (Å²) in [4.78, 5) is 13.1. The summed E-state index contributed by atoms with van der Waals surface area (Å²) in [7, 11) is 0. The average molecular weight is 219 g/mol. The molecule has 1 atom stereocenters. The second-order valence-electron chi connectivity index (χ2n) is 4.39. The fraction of sp³-hybridized carbons (Fsp3) is 0.462. The lowest BCUT2D eigenvalue weighted by Gasteiger charge is -2.35. The van der Waals surface area contributed by atoms with Crippen molar-refractivity contribution in [1.29, 1.82) is 0 Å². The van der Waals surface area contributed by atoms with Crippen LogP contribution in [-0.2, 0) is 0 Å². The number of aromatic carboxylic acids is 1. The van der Waals surface area contributed by atoms with Crippen molar-refractivity contribution >= 4 is 11.7 Å². The summed E-state index contributed by atoms with van der Waals surface area (Å²) in [5.41, 5.74) is 1.49. The molecule has 0 unspecified atom stereocenters.